The summed E-state index contributed by atoms with van der Waals surface area (Å²) in [5.41, 5.74) is -5.41. The fourth-order valence-electron chi connectivity index (χ4n) is 3.44. The highest BCUT2D eigenvalue weighted by molar-refractivity contribution is 7.90. The van der Waals surface area contributed by atoms with E-state index >= 15 is 0 Å². The maximum absolute atomic E-state index is 12.7. The second-order valence-electron chi connectivity index (χ2n) is 7.88. The van der Waals surface area contributed by atoms with Crippen LogP contribution in [0.15, 0.2) is 4.99 Å². The number of rotatable bonds is 6. The number of ether oxygens (including phenoxy) is 1. The molecule has 0 spiro atoms. The Labute approximate surface area is 170 Å². The van der Waals surface area contributed by atoms with Crippen LogP contribution in [0.3, 0.4) is 0 Å². The molecule has 0 aromatic carbocycles. The fraction of sp³-hybridized carbons (Fsp3) is 0.941. The normalized spacial score (nSPS) is 21.9. The molecule has 0 bridgehead atoms. The van der Waals surface area contributed by atoms with Gasteiger partial charge in [-0.3, -0.25) is 9.89 Å². The van der Waals surface area contributed by atoms with Crippen LogP contribution < -0.4 is 10.6 Å². The summed E-state index contributed by atoms with van der Waals surface area (Å²) in [6, 6.07) is -0.140. The summed E-state index contributed by atoms with van der Waals surface area (Å²) >= 11 is 0. The SMILES string of the molecule is CCNC(=NCC(C)(C)N1CCOCC1)NC1CCN(S(=O)(=O)C(F)(F)F)CC1. The monoisotopic (exact) mass is 443 g/mol. The average molecular weight is 444 g/mol. The second-order valence-corrected chi connectivity index (χ2v) is 9.80. The molecule has 2 rings (SSSR count). The van der Waals surface area contributed by atoms with Crippen LogP contribution in [0.2, 0.25) is 0 Å². The van der Waals surface area contributed by atoms with Crippen LogP contribution in [0.1, 0.15) is 33.6 Å². The first-order valence-electron chi connectivity index (χ1n) is 9.91. The Kier molecular flexibility index (Phi) is 8.16. The zero-order valence-corrected chi connectivity index (χ0v) is 18.1. The van der Waals surface area contributed by atoms with E-state index in [-0.39, 0.29) is 37.5 Å². The lowest BCUT2D eigenvalue weighted by Gasteiger charge is -2.40. The summed E-state index contributed by atoms with van der Waals surface area (Å²) in [5, 5.41) is 6.39. The number of halogens is 3. The molecule has 2 heterocycles. The molecule has 2 N–H and O–H groups in total. The molecule has 2 fully saturated rings. The van der Waals surface area contributed by atoms with Crippen molar-refractivity contribution in [2.24, 2.45) is 4.99 Å². The standard InChI is InChI=1S/C17H32F3N5O3S/c1-4-21-15(22-13-16(2,3)24-9-11-28-12-10-24)23-14-5-7-25(8-6-14)29(26,27)17(18,19)20/h14H,4-13H2,1-3H3,(H2,21,22,23). The lowest BCUT2D eigenvalue weighted by Crippen LogP contribution is -2.53. The van der Waals surface area contributed by atoms with Crippen LogP contribution in [0.4, 0.5) is 13.2 Å². The number of morpholine rings is 1. The summed E-state index contributed by atoms with van der Waals surface area (Å²) in [5.74, 6) is 0.589. The van der Waals surface area contributed by atoms with E-state index < -0.39 is 15.5 Å². The Bertz CT molecular complexity index is 656. The van der Waals surface area contributed by atoms with Crippen LogP contribution >= 0.6 is 0 Å². The number of sulfonamides is 1. The summed E-state index contributed by atoms with van der Waals surface area (Å²) < 4.78 is 67.1. The van der Waals surface area contributed by atoms with Crippen LogP contribution in [-0.2, 0) is 14.8 Å². The van der Waals surface area contributed by atoms with Crippen molar-refractivity contribution in [1.82, 2.24) is 19.8 Å². The molecular formula is C17H32F3N5O3S. The van der Waals surface area contributed by atoms with Crippen molar-refractivity contribution < 1.29 is 26.3 Å². The van der Waals surface area contributed by atoms with Gasteiger partial charge in [-0.05, 0) is 33.6 Å². The first kappa shape index (κ1) is 24.2. The van der Waals surface area contributed by atoms with Crippen LogP contribution in [0.25, 0.3) is 0 Å². The van der Waals surface area contributed by atoms with Gasteiger partial charge in [-0.1, -0.05) is 0 Å². The van der Waals surface area contributed by atoms with Gasteiger partial charge >= 0.3 is 15.5 Å². The van der Waals surface area contributed by atoms with Crippen molar-refractivity contribution in [2.45, 2.75) is 50.7 Å². The number of piperidine rings is 1. The third kappa shape index (κ3) is 6.43. The number of hydrogen-bond acceptors (Lipinski definition) is 5. The quantitative estimate of drug-likeness (QED) is 0.470. The third-order valence-corrected chi connectivity index (χ3v) is 6.89. The van der Waals surface area contributed by atoms with Crippen LogP contribution in [0, 0.1) is 0 Å². The molecule has 12 heteroatoms. The van der Waals surface area contributed by atoms with Crippen molar-refractivity contribution in [3.8, 4) is 0 Å². The Morgan fingerprint density at radius 2 is 1.72 bits per heavy atom. The highest BCUT2D eigenvalue weighted by atomic mass is 32.2. The van der Waals surface area contributed by atoms with Gasteiger partial charge in [0.05, 0.1) is 19.8 Å². The molecular weight excluding hydrogens is 411 g/mol. The zero-order chi connectivity index (χ0) is 21.7. The molecule has 0 atom stereocenters. The molecule has 2 saturated heterocycles. The Morgan fingerprint density at radius 1 is 1.14 bits per heavy atom. The van der Waals surface area contributed by atoms with Crippen molar-refractivity contribution in [1.29, 1.82) is 0 Å². The van der Waals surface area contributed by atoms with Crippen molar-refractivity contribution >= 4 is 16.0 Å². The van der Waals surface area contributed by atoms with Crippen molar-refractivity contribution in [3.63, 3.8) is 0 Å². The minimum absolute atomic E-state index is 0.140. The van der Waals surface area contributed by atoms with Gasteiger partial charge in [0.25, 0.3) is 0 Å². The molecule has 2 aliphatic heterocycles. The lowest BCUT2D eigenvalue weighted by atomic mass is 10.0. The molecule has 0 unspecified atom stereocenters. The first-order valence-corrected chi connectivity index (χ1v) is 11.4. The van der Waals surface area contributed by atoms with Crippen molar-refractivity contribution in [3.05, 3.63) is 0 Å². The summed E-state index contributed by atoms with van der Waals surface area (Å²) in [6.45, 7) is 10.1. The zero-order valence-electron chi connectivity index (χ0n) is 17.3. The smallest absolute Gasteiger partial charge is 0.379 e. The highest BCUT2D eigenvalue weighted by Crippen LogP contribution is 2.29. The number of nitrogens with one attached hydrogen (secondary N) is 2. The van der Waals surface area contributed by atoms with Gasteiger partial charge in [-0.15, -0.1) is 0 Å². The predicted octanol–water partition coefficient (Wildman–Crippen LogP) is 0.966. The van der Waals surface area contributed by atoms with Gasteiger partial charge in [0.15, 0.2) is 5.96 Å². The summed E-state index contributed by atoms with van der Waals surface area (Å²) in [7, 11) is -5.26. The van der Waals surface area contributed by atoms with E-state index in [2.05, 4.69) is 34.4 Å². The topological polar surface area (TPSA) is 86.3 Å². The maximum Gasteiger partial charge on any atom is 0.511 e. The number of guanidine groups is 1. The number of alkyl halides is 3. The fourth-order valence-corrected chi connectivity index (χ4v) is 4.43. The van der Waals surface area contributed by atoms with Gasteiger partial charge in [-0.2, -0.15) is 17.5 Å². The summed E-state index contributed by atoms with van der Waals surface area (Å²) in [4.78, 5) is 6.99. The lowest BCUT2D eigenvalue weighted by molar-refractivity contribution is -0.0494. The van der Waals surface area contributed by atoms with E-state index in [4.69, 9.17) is 4.74 Å². The minimum atomic E-state index is -5.26. The van der Waals surface area contributed by atoms with Crippen LogP contribution in [0.5, 0.6) is 0 Å². The third-order valence-electron chi connectivity index (χ3n) is 5.26. The molecule has 0 radical (unpaired) electrons. The molecule has 170 valence electrons. The van der Waals surface area contributed by atoms with Crippen LogP contribution in [-0.4, -0.2) is 93.2 Å². The average Bonchev–Trinajstić information content (AvgIpc) is 2.66. The van der Waals surface area contributed by atoms with E-state index in [0.717, 1.165) is 13.1 Å². The molecule has 2 aliphatic rings. The van der Waals surface area contributed by atoms with Gasteiger partial charge in [0.1, 0.15) is 0 Å². The van der Waals surface area contributed by atoms with E-state index in [1.54, 1.807) is 0 Å². The van der Waals surface area contributed by atoms with Crippen molar-refractivity contribution in [2.75, 3.05) is 52.5 Å². The van der Waals surface area contributed by atoms with Gasteiger partial charge in [0, 0.05) is 44.3 Å². The number of nitrogens with zero attached hydrogens (tertiary/aromatic N) is 3. The molecule has 0 aromatic rings. The Hall–Kier alpha value is -1.11. The predicted molar refractivity (Wildman–Crippen MR) is 105 cm³/mol. The van der Waals surface area contributed by atoms with E-state index in [9.17, 15) is 21.6 Å². The largest absolute Gasteiger partial charge is 0.511 e. The minimum Gasteiger partial charge on any atom is -0.379 e. The van der Waals surface area contributed by atoms with E-state index in [0.29, 0.717) is 36.6 Å². The molecule has 0 saturated carbocycles. The Morgan fingerprint density at radius 3 is 2.24 bits per heavy atom. The van der Waals surface area contributed by atoms with Gasteiger partial charge in [-0.25, -0.2) is 8.42 Å². The molecule has 0 amide bonds. The van der Waals surface area contributed by atoms with E-state index in [1.165, 1.54) is 0 Å². The molecule has 8 nitrogen and oxygen atoms in total. The van der Waals surface area contributed by atoms with Gasteiger partial charge in [0.2, 0.25) is 0 Å². The Balaban J connectivity index is 1.93. The summed E-state index contributed by atoms with van der Waals surface area (Å²) in [6.07, 6.45) is 0.569. The number of hydrogen-bond donors (Lipinski definition) is 2. The number of aliphatic imine (C=N–C) groups is 1. The van der Waals surface area contributed by atoms with E-state index in [1.807, 2.05) is 6.92 Å². The van der Waals surface area contributed by atoms with Gasteiger partial charge < -0.3 is 15.4 Å². The molecule has 0 aliphatic carbocycles. The molecule has 29 heavy (non-hydrogen) atoms. The maximum atomic E-state index is 12.7. The first-order chi connectivity index (χ1) is 13.5. The second kappa shape index (κ2) is 9.80. The highest BCUT2D eigenvalue weighted by Gasteiger charge is 2.50. The molecule has 0 aromatic heterocycles.